The second-order valence-corrected chi connectivity index (χ2v) is 3.52. The molecule has 0 aromatic heterocycles. The van der Waals surface area contributed by atoms with Crippen LogP contribution in [0.5, 0.6) is 0 Å². The van der Waals surface area contributed by atoms with Crippen molar-refractivity contribution in [1.29, 1.82) is 0 Å². The maximum absolute atomic E-state index is 3.87. The number of hydrogen-bond donors (Lipinski definition) is 1. The fourth-order valence-corrected chi connectivity index (χ4v) is 1.80. The van der Waals surface area contributed by atoms with Crippen LogP contribution in [0.15, 0.2) is 12.8 Å². The molecule has 1 saturated heterocycles. The van der Waals surface area contributed by atoms with Gasteiger partial charge in [-0.2, -0.15) is 0 Å². The Balaban J connectivity index is 2.48. The summed E-state index contributed by atoms with van der Waals surface area (Å²) in [4.78, 5) is 0. The van der Waals surface area contributed by atoms with E-state index in [0.29, 0.717) is 6.04 Å². The highest BCUT2D eigenvalue weighted by atomic mass is 15.6. The predicted molar refractivity (Wildman–Crippen MR) is 56.2 cm³/mol. The van der Waals surface area contributed by atoms with E-state index in [9.17, 15) is 0 Å². The average molecular weight is 183 g/mol. The minimum atomic E-state index is 0.642. The number of nitrogens with zero attached hydrogens (tertiary/aromatic N) is 2. The smallest absolute Gasteiger partial charge is 0.0474 e. The lowest BCUT2D eigenvalue weighted by Crippen LogP contribution is -2.47. The van der Waals surface area contributed by atoms with E-state index in [1.54, 1.807) is 0 Å². The van der Waals surface area contributed by atoms with Crippen molar-refractivity contribution in [3.8, 4) is 0 Å². The first-order valence-corrected chi connectivity index (χ1v) is 5.12. The van der Waals surface area contributed by atoms with Crippen LogP contribution in [-0.2, 0) is 0 Å². The van der Waals surface area contributed by atoms with Crippen LogP contribution in [-0.4, -0.2) is 42.7 Å². The molecule has 1 heterocycles. The summed E-state index contributed by atoms with van der Waals surface area (Å²) in [6.07, 6.45) is 4.38. The fraction of sp³-hybridized carbons (Fsp3) is 0.800. The van der Waals surface area contributed by atoms with Gasteiger partial charge in [0.1, 0.15) is 0 Å². The topological polar surface area (TPSA) is 18.5 Å². The van der Waals surface area contributed by atoms with E-state index in [-0.39, 0.29) is 0 Å². The molecule has 1 rings (SSSR count). The Kier molecular flexibility index (Phi) is 4.25. The van der Waals surface area contributed by atoms with Crippen molar-refractivity contribution in [2.45, 2.75) is 25.8 Å². The van der Waals surface area contributed by atoms with E-state index in [4.69, 9.17) is 0 Å². The van der Waals surface area contributed by atoms with Crippen molar-refractivity contribution in [2.24, 2.45) is 0 Å². The largest absolute Gasteiger partial charge is 0.317 e. The van der Waals surface area contributed by atoms with Crippen molar-refractivity contribution in [1.82, 2.24) is 15.3 Å². The van der Waals surface area contributed by atoms with Crippen LogP contribution < -0.4 is 5.32 Å². The highest BCUT2D eigenvalue weighted by molar-refractivity contribution is 4.81. The van der Waals surface area contributed by atoms with Crippen molar-refractivity contribution in [3.05, 3.63) is 12.8 Å². The Morgan fingerprint density at radius 3 is 2.54 bits per heavy atom. The van der Waals surface area contributed by atoms with Crippen LogP contribution in [0.25, 0.3) is 0 Å². The summed E-state index contributed by atoms with van der Waals surface area (Å²) in [6, 6.07) is 0.642. The molecule has 0 unspecified atom stereocenters. The van der Waals surface area contributed by atoms with Gasteiger partial charge < -0.3 is 10.3 Å². The molecular weight excluding hydrogens is 162 g/mol. The molecule has 1 fully saturated rings. The zero-order valence-electron chi connectivity index (χ0n) is 8.79. The number of rotatable bonds is 4. The van der Waals surface area contributed by atoms with E-state index in [1.165, 1.54) is 12.8 Å². The molecule has 0 atom stereocenters. The third kappa shape index (κ3) is 2.71. The van der Waals surface area contributed by atoms with Crippen LogP contribution in [0.1, 0.15) is 19.8 Å². The first-order valence-electron chi connectivity index (χ1n) is 5.12. The van der Waals surface area contributed by atoms with E-state index in [1.807, 2.05) is 6.20 Å². The highest BCUT2D eigenvalue weighted by Gasteiger charge is 2.19. The van der Waals surface area contributed by atoms with Gasteiger partial charge in [-0.25, -0.2) is 5.01 Å². The first-order chi connectivity index (χ1) is 6.29. The summed E-state index contributed by atoms with van der Waals surface area (Å²) in [5, 5.41) is 7.86. The Morgan fingerprint density at radius 2 is 2.08 bits per heavy atom. The Hall–Kier alpha value is -0.540. The molecule has 0 bridgehead atoms. The van der Waals surface area contributed by atoms with Crippen LogP contribution in [0.3, 0.4) is 0 Å². The summed E-state index contributed by atoms with van der Waals surface area (Å²) >= 11 is 0. The van der Waals surface area contributed by atoms with Gasteiger partial charge in [-0.1, -0.05) is 13.5 Å². The minimum absolute atomic E-state index is 0.642. The molecule has 0 aromatic carbocycles. The predicted octanol–water partition coefficient (Wildman–Crippen LogP) is 1.05. The minimum Gasteiger partial charge on any atom is -0.317 e. The lowest BCUT2D eigenvalue weighted by molar-refractivity contribution is 0.00312. The third-order valence-electron chi connectivity index (χ3n) is 2.72. The Morgan fingerprint density at radius 1 is 1.46 bits per heavy atom. The van der Waals surface area contributed by atoms with Crippen molar-refractivity contribution in [2.75, 3.05) is 26.7 Å². The lowest BCUT2D eigenvalue weighted by Gasteiger charge is -2.39. The number of piperidine rings is 1. The molecule has 1 N–H and O–H groups in total. The summed E-state index contributed by atoms with van der Waals surface area (Å²) in [5.41, 5.74) is 0. The first kappa shape index (κ1) is 10.5. The number of hydrogen-bond acceptors (Lipinski definition) is 3. The van der Waals surface area contributed by atoms with Gasteiger partial charge in [0.05, 0.1) is 0 Å². The molecule has 1 aliphatic rings. The van der Waals surface area contributed by atoms with Gasteiger partial charge in [-0.3, -0.25) is 0 Å². The van der Waals surface area contributed by atoms with E-state index >= 15 is 0 Å². The molecule has 3 heteroatoms. The van der Waals surface area contributed by atoms with Crippen LogP contribution >= 0.6 is 0 Å². The molecular formula is C10H21N3. The zero-order chi connectivity index (χ0) is 9.68. The average Bonchev–Trinajstić information content (AvgIpc) is 2.20. The quantitative estimate of drug-likeness (QED) is 0.657. The molecule has 0 aliphatic carbocycles. The van der Waals surface area contributed by atoms with Gasteiger partial charge in [0.15, 0.2) is 0 Å². The molecule has 0 amide bonds. The van der Waals surface area contributed by atoms with Crippen molar-refractivity contribution >= 4 is 0 Å². The number of nitrogens with one attached hydrogen (secondary N) is 1. The Labute approximate surface area is 81.4 Å². The molecule has 0 aromatic rings. The molecule has 1 aliphatic heterocycles. The van der Waals surface area contributed by atoms with Crippen LogP contribution in [0.4, 0.5) is 0 Å². The van der Waals surface area contributed by atoms with Crippen molar-refractivity contribution in [3.63, 3.8) is 0 Å². The lowest BCUT2D eigenvalue weighted by atomic mass is 10.1. The second-order valence-electron chi connectivity index (χ2n) is 3.52. The standard InChI is InChI=1S/C10H21N3/c1-4-12(3)13(5-2)10-6-8-11-9-7-10/h5,10-11H,2,4,6-9H2,1,3H3. The molecule has 0 saturated carbocycles. The molecule has 0 spiro atoms. The maximum Gasteiger partial charge on any atom is 0.0474 e. The monoisotopic (exact) mass is 183 g/mol. The van der Waals surface area contributed by atoms with Crippen molar-refractivity contribution < 1.29 is 0 Å². The summed E-state index contributed by atoms with van der Waals surface area (Å²) in [7, 11) is 2.11. The molecule has 3 nitrogen and oxygen atoms in total. The fourth-order valence-electron chi connectivity index (χ4n) is 1.80. The molecule has 76 valence electrons. The van der Waals surface area contributed by atoms with Gasteiger partial charge in [-0.15, -0.1) is 0 Å². The van der Waals surface area contributed by atoms with Gasteiger partial charge in [-0.05, 0) is 25.9 Å². The van der Waals surface area contributed by atoms with Crippen LogP contribution in [0, 0.1) is 0 Å². The summed E-state index contributed by atoms with van der Waals surface area (Å²) in [6.45, 7) is 9.33. The summed E-state index contributed by atoms with van der Waals surface area (Å²) in [5.74, 6) is 0. The second kappa shape index (κ2) is 5.25. The van der Waals surface area contributed by atoms with E-state index in [2.05, 4.69) is 35.9 Å². The maximum atomic E-state index is 3.87. The Bertz CT molecular complexity index is 152. The zero-order valence-corrected chi connectivity index (χ0v) is 8.79. The van der Waals surface area contributed by atoms with Gasteiger partial charge in [0.25, 0.3) is 0 Å². The molecule has 0 radical (unpaired) electrons. The number of hydrazine groups is 1. The van der Waals surface area contributed by atoms with Crippen LogP contribution in [0.2, 0.25) is 0 Å². The van der Waals surface area contributed by atoms with E-state index in [0.717, 1.165) is 19.6 Å². The van der Waals surface area contributed by atoms with Gasteiger partial charge >= 0.3 is 0 Å². The molecule has 13 heavy (non-hydrogen) atoms. The third-order valence-corrected chi connectivity index (χ3v) is 2.72. The highest BCUT2D eigenvalue weighted by Crippen LogP contribution is 2.13. The normalized spacial score (nSPS) is 19.0. The van der Waals surface area contributed by atoms with E-state index < -0.39 is 0 Å². The van der Waals surface area contributed by atoms with Gasteiger partial charge in [0.2, 0.25) is 0 Å². The van der Waals surface area contributed by atoms with Gasteiger partial charge in [0, 0.05) is 25.8 Å². The SMILES string of the molecule is C=CN(C1CCNCC1)N(C)CC. The summed E-state index contributed by atoms with van der Waals surface area (Å²) < 4.78 is 0.